The zero-order valence-electron chi connectivity index (χ0n) is 18.7. The van der Waals surface area contributed by atoms with Gasteiger partial charge in [-0.2, -0.15) is 0 Å². The zero-order chi connectivity index (χ0) is 21.5. The lowest BCUT2D eigenvalue weighted by molar-refractivity contribution is 0.0489. The van der Waals surface area contributed by atoms with Gasteiger partial charge in [-0.05, 0) is 60.3 Å². The van der Waals surface area contributed by atoms with Crippen molar-refractivity contribution in [3.05, 3.63) is 27.2 Å². The molecule has 8 heteroatoms. The van der Waals surface area contributed by atoms with Crippen LogP contribution in [0.1, 0.15) is 91.9 Å². The number of thiazole rings is 1. The number of nitrogens with one attached hydrogen (secondary N) is 1. The fraction of sp³-hybridized carbons (Fsp3) is 0.727. The molecule has 1 amide bonds. The van der Waals surface area contributed by atoms with E-state index in [0.717, 1.165) is 61.7 Å². The lowest BCUT2D eigenvalue weighted by Crippen LogP contribution is -2.41. The monoisotopic (exact) mass is 431 g/mol. The fourth-order valence-electron chi connectivity index (χ4n) is 4.82. The van der Waals surface area contributed by atoms with E-state index >= 15 is 0 Å². The third-order valence-corrected chi connectivity index (χ3v) is 7.28. The summed E-state index contributed by atoms with van der Waals surface area (Å²) in [4.78, 5) is 18.3. The number of fused-ring (bicyclic) bond motifs is 1. The minimum absolute atomic E-state index is 0.123. The van der Waals surface area contributed by atoms with Crippen LogP contribution in [-0.4, -0.2) is 37.5 Å². The predicted octanol–water partition coefficient (Wildman–Crippen LogP) is 4.63. The van der Waals surface area contributed by atoms with Gasteiger partial charge < -0.3 is 14.6 Å². The summed E-state index contributed by atoms with van der Waals surface area (Å²) in [5.74, 6) is 2.99. The van der Waals surface area contributed by atoms with Crippen molar-refractivity contribution in [1.29, 1.82) is 0 Å². The Balaban J connectivity index is 1.46. The molecule has 3 heterocycles. The molecule has 2 aromatic rings. The van der Waals surface area contributed by atoms with Crippen LogP contribution in [0.2, 0.25) is 0 Å². The molecule has 30 heavy (non-hydrogen) atoms. The third kappa shape index (κ3) is 4.68. The van der Waals surface area contributed by atoms with E-state index in [0.29, 0.717) is 11.8 Å². The SMILES string of the molecule is Cc1nc(C)c([C@@H]2CCc3nnc([C@H]4CCC[C@@H](NC(=O)OC(C)(C)C)C4)n3C2)s1. The van der Waals surface area contributed by atoms with Crippen LogP contribution in [0.4, 0.5) is 4.79 Å². The van der Waals surface area contributed by atoms with Crippen LogP contribution >= 0.6 is 11.3 Å². The van der Waals surface area contributed by atoms with Gasteiger partial charge in [0.15, 0.2) is 0 Å². The summed E-state index contributed by atoms with van der Waals surface area (Å²) in [6.45, 7) is 10.8. The van der Waals surface area contributed by atoms with Crippen molar-refractivity contribution in [2.45, 2.75) is 103 Å². The average Bonchev–Trinajstić information content (AvgIpc) is 3.22. The minimum atomic E-state index is -0.480. The number of aryl methyl sites for hydroxylation is 3. The van der Waals surface area contributed by atoms with Crippen molar-refractivity contribution in [3.63, 3.8) is 0 Å². The first-order valence-electron chi connectivity index (χ1n) is 11.0. The number of ether oxygens (including phenoxy) is 1. The van der Waals surface area contributed by atoms with E-state index in [-0.39, 0.29) is 12.1 Å². The number of carbonyl (C=O) groups is 1. The van der Waals surface area contributed by atoms with Crippen LogP contribution in [-0.2, 0) is 17.7 Å². The smallest absolute Gasteiger partial charge is 0.407 e. The lowest BCUT2D eigenvalue weighted by Gasteiger charge is -2.31. The molecule has 164 valence electrons. The second-order valence-corrected chi connectivity index (χ2v) is 10.9. The summed E-state index contributed by atoms with van der Waals surface area (Å²) in [6, 6.07) is 0.123. The molecule has 1 aliphatic heterocycles. The van der Waals surface area contributed by atoms with Gasteiger partial charge >= 0.3 is 6.09 Å². The number of rotatable bonds is 3. The Bertz CT molecular complexity index is 913. The number of carbonyl (C=O) groups excluding carboxylic acids is 1. The molecule has 0 saturated heterocycles. The molecule has 2 aromatic heterocycles. The van der Waals surface area contributed by atoms with Gasteiger partial charge in [0.2, 0.25) is 0 Å². The van der Waals surface area contributed by atoms with Crippen molar-refractivity contribution in [2.24, 2.45) is 0 Å². The molecule has 1 N–H and O–H groups in total. The van der Waals surface area contributed by atoms with E-state index < -0.39 is 5.60 Å². The highest BCUT2D eigenvalue weighted by Crippen LogP contribution is 2.38. The molecule has 0 aromatic carbocycles. The second kappa shape index (κ2) is 8.29. The van der Waals surface area contributed by atoms with Gasteiger partial charge in [-0.1, -0.05) is 6.42 Å². The summed E-state index contributed by atoms with van der Waals surface area (Å²) in [5.41, 5.74) is 0.687. The largest absolute Gasteiger partial charge is 0.444 e. The molecule has 0 unspecified atom stereocenters. The van der Waals surface area contributed by atoms with Crippen LogP contribution in [0.25, 0.3) is 0 Å². The Morgan fingerprint density at radius 1 is 1.17 bits per heavy atom. The van der Waals surface area contributed by atoms with Crippen LogP contribution in [0.3, 0.4) is 0 Å². The summed E-state index contributed by atoms with van der Waals surface area (Å²) in [7, 11) is 0. The summed E-state index contributed by atoms with van der Waals surface area (Å²) in [6.07, 6.45) is 5.78. The van der Waals surface area contributed by atoms with E-state index in [2.05, 4.69) is 38.9 Å². The van der Waals surface area contributed by atoms with E-state index in [1.165, 1.54) is 10.6 Å². The van der Waals surface area contributed by atoms with Crippen molar-refractivity contribution in [2.75, 3.05) is 0 Å². The highest BCUT2D eigenvalue weighted by Gasteiger charge is 2.33. The molecule has 0 bridgehead atoms. The predicted molar refractivity (Wildman–Crippen MR) is 117 cm³/mol. The average molecular weight is 432 g/mol. The van der Waals surface area contributed by atoms with Crippen LogP contribution in [0, 0.1) is 13.8 Å². The zero-order valence-corrected chi connectivity index (χ0v) is 19.5. The highest BCUT2D eigenvalue weighted by atomic mass is 32.1. The van der Waals surface area contributed by atoms with Crippen molar-refractivity contribution < 1.29 is 9.53 Å². The highest BCUT2D eigenvalue weighted by molar-refractivity contribution is 7.11. The van der Waals surface area contributed by atoms with Crippen LogP contribution < -0.4 is 5.32 Å². The number of amides is 1. The maximum Gasteiger partial charge on any atom is 0.407 e. The Morgan fingerprint density at radius 3 is 2.67 bits per heavy atom. The first-order chi connectivity index (χ1) is 14.2. The summed E-state index contributed by atoms with van der Waals surface area (Å²) >= 11 is 1.82. The first kappa shape index (κ1) is 21.3. The van der Waals surface area contributed by atoms with Crippen molar-refractivity contribution in [3.8, 4) is 0 Å². The number of hydrogen-bond acceptors (Lipinski definition) is 6. The fourth-order valence-corrected chi connectivity index (χ4v) is 5.87. The number of aromatic nitrogens is 4. The minimum Gasteiger partial charge on any atom is -0.444 e. The maximum absolute atomic E-state index is 12.2. The molecular weight excluding hydrogens is 398 g/mol. The Labute approximate surface area is 182 Å². The molecule has 0 spiro atoms. The van der Waals surface area contributed by atoms with E-state index in [1.54, 1.807) is 0 Å². The van der Waals surface area contributed by atoms with E-state index in [4.69, 9.17) is 4.74 Å². The third-order valence-electron chi connectivity index (χ3n) is 6.05. The number of alkyl carbamates (subject to hydrolysis) is 1. The molecule has 0 radical (unpaired) electrons. The van der Waals surface area contributed by atoms with Gasteiger partial charge in [-0.15, -0.1) is 21.5 Å². The lowest BCUT2D eigenvalue weighted by atomic mass is 9.84. The normalized spacial score (nSPS) is 24.4. The van der Waals surface area contributed by atoms with E-state index in [9.17, 15) is 4.79 Å². The molecule has 7 nitrogen and oxygen atoms in total. The van der Waals surface area contributed by atoms with Crippen molar-refractivity contribution in [1.82, 2.24) is 25.1 Å². The summed E-state index contributed by atoms with van der Waals surface area (Å²) in [5, 5.41) is 13.3. The molecule has 2 aliphatic rings. The standard InChI is InChI=1S/C22H33N5O2S/c1-13-19(30-14(2)23-13)16-9-10-18-25-26-20(27(18)12-16)15-7-6-8-17(11-15)24-21(28)29-22(3,4)5/h15-17H,6-12H2,1-5H3,(H,24,28)/t15-,16+,17+/m0/s1. The van der Waals surface area contributed by atoms with Gasteiger partial charge in [-0.3, -0.25) is 0 Å². The maximum atomic E-state index is 12.2. The van der Waals surface area contributed by atoms with Gasteiger partial charge in [-0.25, -0.2) is 9.78 Å². The Kier molecular flexibility index (Phi) is 5.88. The Morgan fingerprint density at radius 2 is 1.97 bits per heavy atom. The molecule has 1 fully saturated rings. The Hall–Kier alpha value is -1.96. The molecule has 1 aliphatic carbocycles. The number of nitrogens with zero attached hydrogens (tertiary/aromatic N) is 4. The van der Waals surface area contributed by atoms with Gasteiger partial charge in [0.25, 0.3) is 0 Å². The topological polar surface area (TPSA) is 81.9 Å². The van der Waals surface area contributed by atoms with Gasteiger partial charge in [0, 0.05) is 35.7 Å². The second-order valence-electron chi connectivity index (χ2n) is 9.71. The van der Waals surface area contributed by atoms with Crippen LogP contribution in [0.5, 0.6) is 0 Å². The van der Waals surface area contributed by atoms with Gasteiger partial charge in [0.1, 0.15) is 17.2 Å². The molecular formula is C22H33N5O2S. The molecule has 4 rings (SSSR count). The quantitative estimate of drug-likeness (QED) is 0.766. The molecule has 3 atom stereocenters. The first-order valence-corrected chi connectivity index (χ1v) is 11.9. The van der Waals surface area contributed by atoms with Crippen molar-refractivity contribution >= 4 is 17.4 Å². The number of hydrogen-bond donors (Lipinski definition) is 1. The van der Waals surface area contributed by atoms with E-state index in [1.807, 2.05) is 32.1 Å². The van der Waals surface area contributed by atoms with Gasteiger partial charge in [0.05, 0.1) is 10.7 Å². The van der Waals surface area contributed by atoms with Crippen LogP contribution in [0.15, 0.2) is 0 Å². The summed E-state index contributed by atoms with van der Waals surface area (Å²) < 4.78 is 7.80. The molecule has 1 saturated carbocycles.